The van der Waals surface area contributed by atoms with Gasteiger partial charge in [-0.25, -0.2) is 4.39 Å². The Morgan fingerprint density at radius 3 is 2.60 bits per heavy atom. The van der Waals surface area contributed by atoms with Gasteiger partial charge in [0, 0.05) is 4.47 Å². The Labute approximate surface area is 130 Å². The second kappa shape index (κ2) is 5.94. The number of nitrogens with one attached hydrogen (secondary N) is 1. The number of amides is 1. The number of benzene rings is 2. The molecule has 0 atom stereocenters. The SMILES string of the molecule is Cc1cc(C)c(NC(=O)c2c(F)cccc2Cl)c(Br)c1. The fourth-order valence-corrected chi connectivity index (χ4v) is 2.99. The lowest BCUT2D eigenvalue weighted by atomic mass is 10.1. The molecule has 0 bridgehead atoms. The number of carbonyl (C=O) groups is 1. The molecule has 0 saturated heterocycles. The smallest absolute Gasteiger partial charge is 0.260 e. The molecule has 0 aromatic heterocycles. The van der Waals surface area contributed by atoms with Crippen LogP contribution in [0.15, 0.2) is 34.8 Å². The van der Waals surface area contributed by atoms with Gasteiger partial charge in [-0.05, 0) is 59.1 Å². The Morgan fingerprint density at radius 1 is 1.30 bits per heavy atom. The van der Waals surface area contributed by atoms with Crippen LogP contribution in [0.25, 0.3) is 0 Å². The Kier molecular flexibility index (Phi) is 4.45. The van der Waals surface area contributed by atoms with E-state index in [-0.39, 0.29) is 10.6 Å². The number of aryl methyl sites for hydroxylation is 2. The molecule has 1 amide bonds. The molecule has 0 fully saturated rings. The zero-order valence-corrected chi connectivity index (χ0v) is 13.3. The minimum absolute atomic E-state index is 0.0865. The molecule has 0 aliphatic rings. The molecule has 0 spiro atoms. The van der Waals surface area contributed by atoms with Crippen molar-refractivity contribution in [3.8, 4) is 0 Å². The Hall–Kier alpha value is -1.39. The van der Waals surface area contributed by atoms with Crippen molar-refractivity contribution in [2.24, 2.45) is 0 Å². The summed E-state index contributed by atoms with van der Waals surface area (Å²) in [6.45, 7) is 3.83. The second-order valence-corrected chi connectivity index (χ2v) is 5.75. The normalized spacial score (nSPS) is 10.4. The van der Waals surface area contributed by atoms with E-state index < -0.39 is 11.7 Å². The van der Waals surface area contributed by atoms with Crippen molar-refractivity contribution in [1.82, 2.24) is 0 Å². The van der Waals surface area contributed by atoms with E-state index in [9.17, 15) is 9.18 Å². The second-order valence-electron chi connectivity index (χ2n) is 4.49. The van der Waals surface area contributed by atoms with E-state index in [0.717, 1.165) is 15.6 Å². The summed E-state index contributed by atoms with van der Waals surface area (Å²) < 4.78 is 14.5. The lowest BCUT2D eigenvalue weighted by molar-refractivity contribution is 0.102. The highest BCUT2D eigenvalue weighted by Crippen LogP contribution is 2.29. The van der Waals surface area contributed by atoms with Gasteiger partial charge in [0.1, 0.15) is 5.82 Å². The minimum atomic E-state index is -0.643. The number of hydrogen-bond donors (Lipinski definition) is 1. The van der Waals surface area contributed by atoms with Gasteiger partial charge in [0.05, 0.1) is 16.3 Å². The molecule has 104 valence electrons. The summed E-state index contributed by atoms with van der Waals surface area (Å²) in [7, 11) is 0. The summed E-state index contributed by atoms with van der Waals surface area (Å²) in [5.74, 6) is -1.21. The lowest BCUT2D eigenvalue weighted by Crippen LogP contribution is -2.15. The van der Waals surface area contributed by atoms with Gasteiger partial charge in [-0.15, -0.1) is 0 Å². The molecule has 0 radical (unpaired) electrons. The monoisotopic (exact) mass is 355 g/mol. The summed E-state index contributed by atoms with van der Waals surface area (Å²) in [4.78, 5) is 12.2. The molecule has 2 aromatic carbocycles. The van der Waals surface area contributed by atoms with Gasteiger partial charge in [0.2, 0.25) is 0 Å². The van der Waals surface area contributed by atoms with Gasteiger partial charge in [0.15, 0.2) is 0 Å². The third-order valence-corrected chi connectivity index (χ3v) is 3.80. The summed E-state index contributed by atoms with van der Waals surface area (Å²) in [6.07, 6.45) is 0. The van der Waals surface area contributed by atoms with Crippen LogP contribution in [-0.2, 0) is 0 Å². The summed E-state index contributed by atoms with van der Waals surface area (Å²) >= 11 is 9.28. The lowest BCUT2D eigenvalue weighted by Gasteiger charge is -2.13. The number of carbonyl (C=O) groups excluding carboxylic acids is 1. The van der Waals surface area contributed by atoms with Crippen LogP contribution in [0.3, 0.4) is 0 Å². The van der Waals surface area contributed by atoms with E-state index in [1.54, 1.807) is 0 Å². The van der Waals surface area contributed by atoms with E-state index in [1.807, 2.05) is 26.0 Å². The van der Waals surface area contributed by atoms with Crippen LogP contribution >= 0.6 is 27.5 Å². The predicted molar refractivity (Wildman–Crippen MR) is 83.0 cm³/mol. The molecule has 0 aliphatic carbocycles. The van der Waals surface area contributed by atoms with Crippen molar-refractivity contribution in [2.45, 2.75) is 13.8 Å². The van der Waals surface area contributed by atoms with Crippen LogP contribution in [0.4, 0.5) is 10.1 Å². The highest BCUT2D eigenvalue weighted by molar-refractivity contribution is 9.10. The van der Waals surface area contributed by atoms with Gasteiger partial charge in [-0.2, -0.15) is 0 Å². The third kappa shape index (κ3) is 3.02. The molecule has 2 nitrogen and oxygen atoms in total. The summed E-state index contributed by atoms with van der Waals surface area (Å²) in [6, 6.07) is 7.96. The molecule has 0 heterocycles. The van der Waals surface area contributed by atoms with Gasteiger partial charge in [-0.3, -0.25) is 4.79 Å². The van der Waals surface area contributed by atoms with Crippen LogP contribution < -0.4 is 5.32 Å². The van der Waals surface area contributed by atoms with Gasteiger partial charge in [0.25, 0.3) is 5.91 Å². The van der Waals surface area contributed by atoms with Crippen molar-refractivity contribution < 1.29 is 9.18 Å². The molecular weight excluding hydrogens is 345 g/mol. The zero-order chi connectivity index (χ0) is 14.9. The fourth-order valence-electron chi connectivity index (χ4n) is 1.96. The van der Waals surface area contributed by atoms with Gasteiger partial charge < -0.3 is 5.32 Å². The van der Waals surface area contributed by atoms with E-state index in [4.69, 9.17) is 11.6 Å². The van der Waals surface area contributed by atoms with Crippen molar-refractivity contribution in [2.75, 3.05) is 5.32 Å². The number of rotatable bonds is 2. The fraction of sp³-hybridized carbons (Fsp3) is 0.133. The minimum Gasteiger partial charge on any atom is -0.321 e. The topological polar surface area (TPSA) is 29.1 Å². The quantitative estimate of drug-likeness (QED) is 0.796. The molecule has 5 heteroatoms. The molecule has 2 rings (SSSR count). The molecule has 2 aromatic rings. The standard InChI is InChI=1S/C15H12BrClFNO/c1-8-6-9(2)14(10(16)7-8)19-15(20)13-11(17)4-3-5-12(13)18/h3-7H,1-2H3,(H,19,20). The van der Waals surface area contributed by atoms with Gasteiger partial charge in [-0.1, -0.05) is 23.7 Å². The predicted octanol–water partition coefficient (Wildman–Crippen LogP) is 5.11. The molecule has 0 unspecified atom stereocenters. The van der Waals surface area contributed by atoms with E-state index in [1.165, 1.54) is 18.2 Å². The molecular formula is C15H12BrClFNO. The maximum atomic E-state index is 13.7. The van der Waals surface area contributed by atoms with Crippen LogP contribution in [0.5, 0.6) is 0 Å². The van der Waals surface area contributed by atoms with E-state index in [2.05, 4.69) is 21.2 Å². The average molecular weight is 357 g/mol. The average Bonchev–Trinajstić information content (AvgIpc) is 2.33. The Morgan fingerprint density at radius 2 is 2.00 bits per heavy atom. The van der Waals surface area contributed by atoms with Crippen LogP contribution in [0, 0.1) is 19.7 Å². The van der Waals surface area contributed by atoms with Crippen LogP contribution in [0.1, 0.15) is 21.5 Å². The molecule has 1 N–H and O–H groups in total. The summed E-state index contributed by atoms with van der Waals surface area (Å²) in [5, 5.41) is 2.78. The Balaban J connectivity index is 2.38. The number of hydrogen-bond acceptors (Lipinski definition) is 1. The largest absolute Gasteiger partial charge is 0.321 e. The van der Waals surface area contributed by atoms with Crippen molar-refractivity contribution >= 4 is 39.1 Å². The van der Waals surface area contributed by atoms with Crippen molar-refractivity contribution in [3.05, 3.63) is 62.3 Å². The summed E-state index contributed by atoms with van der Waals surface area (Å²) in [5.41, 5.74) is 2.41. The highest BCUT2D eigenvalue weighted by atomic mass is 79.9. The van der Waals surface area contributed by atoms with E-state index >= 15 is 0 Å². The van der Waals surface area contributed by atoms with Crippen LogP contribution in [0.2, 0.25) is 5.02 Å². The van der Waals surface area contributed by atoms with Crippen molar-refractivity contribution in [1.29, 1.82) is 0 Å². The maximum Gasteiger partial charge on any atom is 0.260 e. The molecule has 0 aliphatic heterocycles. The first kappa shape index (κ1) is 15.0. The Bertz CT molecular complexity index is 644. The van der Waals surface area contributed by atoms with Crippen molar-refractivity contribution in [3.63, 3.8) is 0 Å². The van der Waals surface area contributed by atoms with Gasteiger partial charge >= 0.3 is 0 Å². The zero-order valence-electron chi connectivity index (χ0n) is 10.9. The first-order valence-electron chi connectivity index (χ1n) is 5.92. The molecule has 0 saturated carbocycles. The van der Waals surface area contributed by atoms with Crippen LogP contribution in [-0.4, -0.2) is 5.91 Å². The highest BCUT2D eigenvalue weighted by Gasteiger charge is 2.17. The molecule has 20 heavy (non-hydrogen) atoms. The van der Waals surface area contributed by atoms with E-state index in [0.29, 0.717) is 5.69 Å². The number of anilines is 1. The first-order valence-corrected chi connectivity index (χ1v) is 7.09. The maximum absolute atomic E-state index is 13.7. The first-order chi connectivity index (χ1) is 9.40. The third-order valence-electron chi connectivity index (χ3n) is 2.86. The number of halogens is 3.